The summed E-state index contributed by atoms with van der Waals surface area (Å²) in [5.41, 5.74) is 0.745. The molecule has 0 aliphatic heterocycles. The first-order valence-corrected chi connectivity index (χ1v) is 10.4. The van der Waals surface area contributed by atoms with Gasteiger partial charge in [0.2, 0.25) is 0 Å². The summed E-state index contributed by atoms with van der Waals surface area (Å²) in [4.78, 5) is 25.1. The van der Waals surface area contributed by atoms with E-state index in [4.69, 9.17) is 18.9 Å². The average molecular weight is 468 g/mol. The molecule has 0 radical (unpaired) electrons. The van der Waals surface area contributed by atoms with Gasteiger partial charge in [-0.3, -0.25) is 9.59 Å². The number of anilines is 2. The fraction of sp³-hybridized carbons (Fsp3) is 0.200. The molecule has 0 fully saturated rings. The maximum Gasteiger partial charge on any atom is 0.262 e. The Morgan fingerprint density at radius 2 is 1.59 bits per heavy atom. The number of benzene rings is 3. The molecule has 3 aromatic rings. The van der Waals surface area contributed by atoms with Crippen LogP contribution in [0.2, 0.25) is 0 Å². The topological polar surface area (TPSA) is 95.1 Å². The van der Waals surface area contributed by atoms with E-state index >= 15 is 0 Å². The van der Waals surface area contributed by atoms with E-state index in [1.807, 2.05) is 0 Å². The third-order valence-corrected chi connectivity index (χ3v) is 4.60. The van der Waals surface area contributed by atoms with E-state index in [0.29, 0.717) is 30.4 Å². The molecule has 3 aromatic carbocycles. The Morgan fingerprint density at radius 3 is 2.35 bits per heavy atom. The van der Waals surface area contributed by atoms with Crippen LogP contribution in [0, 0.1) is 5.82 Å². The van der Waals surface area contributed by atoms with E-state index < -0.39 is 24.2 Å². The number of hydrogen-bond donors (Lipinski definition) is 2. The average Bonchev–Trinajstić information content (AvgIpc) is 2.84. The van der Waals surface area contributed by atoms with Gasteiger partial charge < -0.3 is 29.6 Å². The van der Waals surface area contributed by atoms with E-state index in [0.717, 1.165) is 0 Å². The highest BCUT2D eigenvalue weighted by Crippen LogP contribution is 2.31. The van der Waals surface area contributed by atoms with Crippen LogP contribution in [0.4, 0.5) is 15.8 Å². The quantitative estimate of drug-likeness (QED) is 0.411. The molecule has 0 spiro atoms. The Labute approximate surface area is 196 Å². The number of halogens is 1. The number of amides is 2. The monoisotopic (exact) mass is 468 g/mol. The van der Waals surface area contributed by atoms with Crippen molar-refractivity contribution in [2.24, 2.45) is 0 Å². The fourth-order valence-corrected chi connectivity index (χ4v) is 2.97. The smallest absolute Gasteiger partial charge is 0.262 e. The van der Waals surface area contributed by atoms with E-state index in [-0.39, 0.29) is 17.0 Å². The third kappa shape index (κ3) is 6.69. The summed E-state index contributed by atoms with van der Waals surface area (Å²) >= 11 is 0. The predicted octanol–water partition coefficient (Wildman–Crippen LogP) is 4.13. The van der Waals surface area contributed by atoms with Gasteiger partial charge in [0.25, 0.3) is 11.8 Å². The molecule has 3 rings (SSSR count). The summed E-state index contributed by atoms with van der Waals surface area (Å²) in [6, 6.07) is 17.3. The molecule has 0 saturated carbocycles. The molecule has 34 heavy (non-hydrogen) atoms. The maximum absolute atomic E-state index is 13.7. The summed E-state index contributed by atoms with van der Waals surface area (Å²) in [5.74, 6) is -0.397. The second-order valence-corrected chi connectivity index (χ2v) is 6.97. The number of carbonyl (C=O) groups is 2. The van der Waals surface area contributed by atoms with Gasteiger partial charge in [-0.05, 0) is 36.4 Å². The first kappa shape index (κ1) is 24.5. The number of para-hydroxylation sites is 2. The Kier molecular flexibility index (Phi) is 8.81. The van der Waals surface area contributed by atoms with Crippen LogP contribution in [0.5, 0.6) is 17.2 Å². The lowest BCUT2D eigenvalue weighted by molar-refractivity contribution is -0.118. The van der Waals surface area contributed by atoms with Crippen LogP contribution >= 0.6 is 0 Å². The minimum absolute atomic E-state index is 0.0464. The van der Waals surface area contributed by atoms with Crippen LogP contribution in [0.15, 0.2) is 66.7 Å². The second kappa shape index (κ2) is 12.2. The molecule has 2 amide bonds. The van der Waals surface area contributed by atoms with Crippen LogP contribution in [0.1, 0.15) is 10.4 Å². The van der Waals surface area contributed by atoms with Crippen LogP contribution in [-0.4, -0.2) is 45.9 Å². The summed E-state index contributed by atoms with van der Waals surface area (Å²) in [7, 11) is 3.09. The lowest BCUT2D eigenvalue weighted by atomic mass is 10.1. The summed E-state index contributed by atoms with van der Waals surface area (Å²) < 4.78 is 35.2. The summed E-state index contributed by atoms with van der Waals surface area (Å²) in [5, 5.41) is 5.21. The van der Waals surface area contributed by atoms with Crippen molar-refractivity contribution in [1.82, 2.24) is 0 Å². The van der Waals surface area contributed by atoms with Crippen molar-refractivity contribution in [3.8, 4) is 17.2 Å². The highest BCUT2D eigenvalue weighted by Gasteiger charge is 2.15. The first-order chi connectivity index (χ1) is 16.5. The molecule has 2 N–H and O–H groups in total. The molecule has 0 atom stereocenters. The van der Waals surface area contributed by atoms with E-state index in [1.165, 1.54) is 25.3 Å². The number of ether oxygens (including phenoxy) is 4. The molecule has 0 heterocycles. The van der Waals surface area contributed by atoms with Crippen molar-refractivity contribution in [1.29, 1.82) is 0 Å². The Morgan fingerprint density at radius 1 is 0.824 bits per heavy atom. The highest BCUT2D eigenvalue weighted by atomic mass is 19.1. The molecular formula is C25H25FN2O6. The highest BCUT2D eigenvalue weighted by molar-refractivity contribution is 6.06. The molecule has 0 aliphatic carbocycles. The van der Waals surface area contributed by atoms with Gasteiger partial charge in [-0.2, -0.15) is 0 Å². The molecule has 178 valence electrons. The second-order valence-electron chi connectivity index (χ2n) is 6.97. The predicted molar refractivity (Wildman–Crippen MR) is 125 cm³/mol. The third-order valence-electron chi connectivity index (χ3n) is 4.60. The van der Waals surface area contributed by atoms with Gasteiger partial charge in [-0.15, -0.1) is 0 Å². The molecule has 0 aromatic heterocycles. The van der Waals surface area contributed by atoms with Crippen molar-refractivity contribution in [3.05, 3.63) is 78.1 Å². The molecule has 8 nitrogen and oxygen atoms in total. The lowest BCUT2D eigenvalue weighted by Crippen LogP contribution is -2.22. The minimum atomic E-state index is -0.562. The molecule has 0 saturated heterocycles. The van der Waals surface area contributed by atoms with Crippen molar-refractivity contribution >= 4 is 23.2 Å². The molecule has 9 heteroatoms. The van der Waals surface area contributed by atoms with Crippen LogP contribution in [0.3, 0.4) is 0 Å². The van der Waals surface area contributed by atoms with Crippen LogP contribution in [-0.2, 0) is 9.53 Å². The van der Waals surface area contributed by atoms with Gasteiger partial charge >= 0.3 is 0 Å². The number of rotatable bonds is 11. The lowest BCUT2D eigenvalue weighted by Gasteiger charge is -2.14. The van der Waals surface area contributed by atoms with Gasteiger partial charge in [-0.25, -0.2) is 4.39 Å². The van der Waals surface area contributed by atoms with Gasteiger partial charge in [-0.1, -0.05) is 24.3 Å². The molecule has 0 unspecified atom stereocenters. The zero-order valence-electron chi connectivity index (χ0n) is 18.8. The Hall–Kier alpha value is -4.11. The first-order valence-electron chi connectivity index (χ1n) is 10.4. The van der Waals surface area contributed by atoms with E-state index in [9.17, 15) is 14.0 Å². The number of nitrogens with one attached hydrogen (secondary N) is 2. The van der Waals surface area contributed by atoms with Crippen LogP contribution < -0.4 is 24.8 Å². The SMILES string of the molecule is COCCOc1cc(NC(=O)c2ccccc2OCC(=O)Nc2ccccc2F)ccc1OC. The minimum Gasteiger partial charge on any atom is -0.493 e. The van der Waals surface area contributed by atoms with Crippen molar-refractivity contribution in [2.75, 3.05) is 44.7 Å². The van der Waals surface area contributed by atoms with Gasteiger partial charge in [0.1, 0.15) is 18.2 Å². The van der Waals surface area contributed by atoms with Crippen molar-refractivity contribution in [3.63, 3.8) is 0 Å². The molecule has 0 bridgehead atoms. The number of hydrogen-bond acceptors (Lipinski definition) is 6. The molecular weight excluding hydrogens is 443 g/mol. The maximum atomic E-state index is 13.7. The summed E-state index contributed by atoms with van der Waals surface area (Å²) in [6.07, 6.45) is 0. The van der Waals surface area contributed by atoms with Gasteiger partial charge in [0.05, 0.1) is 25.0 Å². The summed E-state index contributed by atoms with van der Waals surface area (Å²) in [6.45, 7) is 0.309. The zero-order valence-corrected chi connectivity index (χ0v) is 18.8. The van der Waals surface area contributed by atoms with E-state index in [1.54, 1.807) is 55.6 Å². The van der Waals surface area contributed by atoms with Gasteiger partial charge in [0, 0.05) is 18.9 Å². The largest absolute Gasteiger partial charge is 0.493 e. The zero-order chi connectivity index (χ0) is 24.3. The normalized spacial score (nSPS) is 10.3. The Balaban J connectivity index is 1.66. The van der Waals surface area contributed by atoms with Crippen LogP contribution in [0.25, 0.3) is 0 Å². The number of carbonyl (C=O) groups excluding carboxylic acids is 2. The standard InChI is InChI=1S/C25H25FN2O6/c1-31-13-14-33-23-15-17(11-12-22(23)32-2)27-25(30)18-7-3-6-10-21(18)34-16-24(29)28-20-9-5-4-8-19(20)26/h3-12,15H,13-14,16H2,1-2H3,(H,27,30)(H,28,29). The Bertz CT molecular complexity index is 1140. The number of methoxy groups -OCH3 is 2. The van der Waals surface area contributed by atoms with Crippen molar-refractivity contribution in [2.45, 2.75) is 0 Å². The van der Waals surface area contributed by atoms with Gasteiger partial charge in [0.15, 0.2) is 18.1 Å². The van der Waals surface area contributed by atoms with E-state index in [2.05, 4.69) is 10.6 Å². The fourth-order valence-electron chi connectivity index (χ4n) is 2.97. The molecule has 0 aliphatic rings. The van der Waals surface area contributed by atoms with Crippen molar-refractivity contribution < 1.29 is 32.9 Å².